The summed E-state index contributed by atoms with van der Waals surface area (Å²) in [5.74, 6) is -0.0739. The summed E-state index contributed by atoms with van der Waals surface area (Å²) < 4.78 is 26.7. The Labute approximate surface area is 178 Å². The molecule has 6 heteroatoms. The van der Waals surface area contributed by atoms with Crippen LogP contribution in [0.15, 0.2) is 66.1 Å². The van der Waals surface area contributed by atoms with Crippen LogP contribution in [-0.2, 0) is 20.2 Å². The van der Waals surface area contributed by atoms with Gasteiger partial charge in [-0.15, -0.1) is 0 Å². The summed E-state index contributed by atoms with van der Waals surface area (Å²) in [7, 11) is -3.47. The van der Waals surface area contributed by atoms with E-state index in [-0.39, 0.29) is 17.2 Å². The number of amides is 1. The zero-order valence-corrected chi connectivity index (χ0v) is 17.9. The van der Waals surface area contributed by atoms with Crippen molar-refractivity contribution in [1.82, 2.24) is 9.62 Å². The number of carbonyl (C=O) groups is 1. The molecule has 1 N–H and O–H groups in total. The number of hydrogen-bond donors (Lipinski definition) is 1. The fraction of sp³-hybridized carbons (Fsp3) is 0.375. The van der Waals surface area contributed by atoms with Gasteiger partial charge in [0.05, 0.1) is 0 Å². The Morgan fingerprint density at radius 2 is 1.60 bits per heavy atom. The summed E-state index contributed by atoms with van der Waals surface area (Å²) in [6.07, 6.45) is 4.93. The molecule has 1 saturated carbocycles. The smallest absolute Gasteiger partial charge is 0.236 e. The minimum Gasteiger partial charge on any atom is -0.355 e. The van der Waals surface area contributed by atoms with Crippen LogP contribution in [0, 0.1) is 5.92 Å². The lowest BCUT2D eigenvalue weighted by Crippen LogP contribution is -2.43. The largest absolute Gasteiger partial charge is 0.355 e. The van der Waals surface area contributed by atoms with Gasteiger partial charge in [-0.2, -0.15) is 4.31 Å². The van der Waals surface area contributed by atoms with E-state index >= 15 is 0 Å². The first-order chi connectivity index (χ1) is 14.5. The lowest BCUT2D eigenvalue weighted by Gasteiger charge is -2.30. The molecule has 0 bridgehead atoms. The van der Waals surface area contributed by atoms with Gasteiger partial charge in [0.1, 0.15) is 0 Å². The summed E-state index contributed by atoms with van der Waals surface area (Å²) in [5, 5.41) is 4.40. The maximum atomic E-state index is 12.7. The van der Waals surface area contributed by atoms with Crippen LogP contribution in [0.4, 0.5) is 0 Å². The molecule has 0 spiro atoms. The molecule has 2 fully saturated rings. The summed E-state index contributed by atoms with van der Waals surface area (Å²) >= 11 is 0. The highest BCUT2D eigenvalue weighted by molar-refractivity contribution is 7.92. The second-order valence-electron chi connectivity index (χ2n) is 8.30. The van der Waals surface area contributed by atoms with E-state index in [9.17, 15) is 13.2 Å². The first-order valence-corrected chi connectivity index (χ1v) is 12.1. The van der Waals surface area contributed by atoms with E-state index in [1.165, 1.54) is 15.3 Å². The molecule has 0 aromatic heterocycles. The highest BCUT2D eigenvalue weighted by atomic mass is 32.2. The maximum absolute atomic E-state index is 12.7. The predicted octanol–water partition coefficient (Wildman–Crippen LogP) is 3.55. The molecule has 1 aliphatic heterocycles. The van der Waals surface area contributed by atoms with E-state index in [2.05, 4.69) is 17.4 Å². The monoisotopic (exact) mass is 424 g/mol. The first-order valence-electron chi connectivity index (χ1n) is 10.6. The SMILES string of the molecule is O=C(NCC1(c2ccccc2)CC1)C1CCN(S(=O)(=O)/C=C/c2ccccc2)CC1. The quantitative estimate of drug-likeness (QED) is 0.739. The molecule has 30 heavy (non-hydrogen) atoms. The normalized spacial score (nSPS) is 19.6. The summed E-state index contributed by atoms with van der Waals surface area (Å²) in [4.78, 5) is 12.7. The molecule has 4 rings (SSSR count). The van der Waals surface area contributed by atoms with Crippen molar-refractivity contribution in [3.8, 4) is 0 Å². The molecule has 2 aromatic carbocycles. The van der Waals surface area contributed by atoms with E-state index < -0.39 is 10.0 Å². The van der Waals surface area contributed by atoms with Crippen LogP contribution >= 0.6 is 0 Å². The van der Waals surface area contributed by atoms with Crippen LogP contribution in [0.1, 0.15) is 36.8 Å². The number of nitrogens with zero attached hydrogens (tertiary/aromatic N) is 1. The summed E-state index contributed by atoms with van der Waals surface area (Å²) in [6.45, 7) is 1.42. The Hall–Kier alpha value is -2.44. The Balaban J connectivity index is 1.28. The van der Waals surface area contributed by atoms with Crippen molar-refractivity contribution >= 4 is 22.0 Å². The molecule has 1 aliphatic carbocycles. The zero-order chi connectivity index (χ0) is 21.0. The second kappa shape index (κ2) is 8.74. The molecule has 1 heterocycles. The van der Waals surface area contributed by atoms with Crippen molar-refractivity contribution < 1.29 is 13.2 Å². The van der Waals surface area contributed by atoms with Crippen LogP contribution < -0.4 is 5.32 Å². The molecule has 0 radical (unpaired) electrons. The van der Waals surface area contributed by atoms with Gasteiger partial charge in [0, 0.05) is 36.4 Å². The maximum Gasteiger partial charge on any atom is 0.236 e. The third-order valence-electron chi connectivity index (χ3n) is 6.26. The number of nitrogens with one attached hydrogen (secondary N) is 1. The summed E-state index contributed by atoms with van der Waals surface area (Å²) in [5.41, 5.74) is 2.22. The fourth-order valence-corrected chi connectivity index (χ4v) is 5.32. The van der Waals surface area contributed by atoms with Gasteiger partial charge in [0.15, 0.2) is 0 Å². The highest BCUT2D eigenvalue weighted by Crippen LogP contribution is 2.47. The first kappa shape index (κ1) is 20.8. The van der Waals surface area contributed by atoms with Gasteiger partial charge in [-0.3, -0.25) is 4.79 Å². The van der Waals surface area contributed by atoms with Gasteiger partial charge in [-0.05, 0) is 42.9 Å². The standard InChI is InChI=1S/C24H28N2O3S/c27-23(25-19-24(14-15-24)22-9-5-2-6-10-22)21-11-16-26(17-12-21)30(28,29)18-13-20-7-3-1-4-8-20/h1-10,13,18,21H,11-12,14-17,19H2,(H,25,27)/b18-13+. The Morgan fingerprint density at radius 1 is 1.00 bits per heavy atom. The molecule has 0 atom stereocenters. The van der Waals surface area contributed by atoms with Gasteiger partial charge < -0.3 is 5.32 Å². The van der Waals surface area contributed by atoms with E-state index in [4.69, 9.17) is 0 Å². The predicted molar refractivity (Wildman–Crippen MR) is 119 cm³/mol. The molecule has 0 unspecified atom stereocenters. The van der Waals surface area contributed by atoms with E-state index in [0.29, 0.717) is 32.5 Å². The fourth-order valence-electron chi connectivity index (χ4n) is 4.10. The molecule has 1 amide bonds. The Bertz CT molecular complexity index is 991. The van der Waals surface area contributed by atoms with Gasteiger partial charge in [-0.1, -0.05) is 60.7 Å². The number of piperidine rings is 1. The van der Waals surface area contributed by atoms with Gasteiger partial charge in [-0.25, -0.2) is 8.42 Å². The molecule has 158 valence electrons. The highest BCUT2D eigenvalue weighted by Gasteiger charge is 2.44. The third kappa shape index (κ3) is 4.82. The van der Waals surface area contributed by atoms with E-state index in [1.807, 2.05) is 48.5 Å². The lowest BCUT2D eigenvalue weighted by molar-refractivity contribution is -0.126. The van der Waals surface area contributed by atoms with Crippen molar-refractivity contribution in [2.45, 2.75) is 31.1 Å². The van der Waals surface area contributed by atoms with Crippen LogP contribution in [-0.4, -0.2) is 38.3 Å². The van der Waals surface area contributed by atoms with E-state index in [0.717, 1.165) is 18.4 Å². The zero-order valence-electron chi connectivity index (χ0n) is 17.0. The van der Waals surface area contributed by atoms with Crippen molar-refractivity contribution in [3.63, 3.8) is 0 Å². The van der Waals surface area contributed by atoms with Crippen LogP contribution in [0.5, 0.6) is 0 Å². The van der Waals surface area contributed by atoms with Crippen LogP contribution in [0.2, 0.25) is 0 Å². The van der Waals surface area contributed by atoms with Gasteiger partial charge >= 0.3 is 0 Å². The van der Waals surface area contributed by atoms with Crippen molar-refractivity contribution in [2.75, 3.05) is 19.6 Å². The van der Waals surface area contributed by atoms with Gasteiger partial charge in [0.2, 0.25) is 15.9 Å². The van der Waals surface area contributed by atoms with E-state index in [1.54, 1.807) is 6.08 Å². The average molecular weight is 425 g/mol. The molecule has 2 aliphatic rings. The Kier molecular flexibility index (Phi) is 6.06. The molecular formula is C24H28N2O3S. The number of carbonyl (C=O) groups excluding carboxylic acids is 1. The second-order valence-corrected chi connectivity index (χ2v) is 10.1. The van der Waals surface area contributed by atoms with Crippen LogP contribution in [0.3, 0.4) is 0 Å². The lowest BCUT2D eigenvalue weighted by atomic mass is 9.94. The number of rotatable bonds is 7. The van der Waals surface area contributed by atoms with Crippen molar-refractivity contribution in [1.29, 1.82) is 0 Å². The topological polar surface area (TPSA) is 66.5 Å². The number of hydrogen-bond acceptors (Lipinski definition) is 3. The molecule has 2 aromatic rings. The van der Waals surface area contributed by atoms with Gasteiger partial charge in [0.25, 0.3) is 0 Å². The van der Waals surface area contributed by atoms with Crippen molar-refractivity contribution in [2.24, 2.45) is 5.92 Å². The average Bonchev–Trinajstić information content (AvgIpc) is 3.59. The minimum atomic E-state index is -3.47. The molecular weight excluding hydrogens is 396 g/mol. The molecule has 1 saturated heterocycles. The minimum absolute atomic E-state index is 0.0501. The Morgan fingerprint density at radius 3 is 2.20 bits per heavy atom. The third-order valence-corrected chi connectivity index (χ3v) is 7.82. The summed E-state index contributed by atoms with van der Waals surface area (Å²) in [6, 6.07) is 19.7. The van der Waals surface area contributed by atoms with Crippen molar-refractivity contribution in [3.05, 3.63) is 77.2 Å². The molecule has 5 nitrogen and oxygen atoms in total. The number of sulfonamides is 1. The number of benzene rings is 2. The van der Waals surface area contributed by atoms with Crippen LogP contribution in [0.25, 0.3) is 6.08 Å².